The molecule has 0 spiro atoms. The van der Waals surface area contributed by atoms with Gasteiger partial charge in [0.2, 0.25) is 15.9 Å². The summed E-state index contributed by atoms with van der Waals surface area (Å²) in [7, 11) is -3.18. The van der Waals surface area contributed by atoms with Crippen LogP contribution in [0.2, 0.25) is 0 Å². The smallest absolute Gasteiger partial charge is 0.219 e. The molecule has 1 aliphatic rings. The number of alkyl halides is 1. The zero-order valence-electron chi connectivity index (χ0n) is 9.36. The highest BCUT2D eigenvalue weighted by atomic mass is 35.5. The van der Waals surface area contributed by atoms with Gasteiger partial charge in [-0.25, -0.2) is 8.42 Å². The third kappa shape index (κ3) is 3.61. The molecule has 0 unspecified atom stereocenters. The summed E-state index contributed by atoms with van der Waals surface area (Å²) in [5.41, 5.74) is 0. The van der Waals surface area contributed by atoms with Crippen molar-refractivity contribution in [2.45, 2.75) is 13.3 Å². The van der Waals surface area contributed by atoms with E-state index < -0.39 is 10.0 Å². The lowest BCUT2D eigenvalue weighted by Crippen LogP contribution is -2.50. The van der Waals surface area contributed by atoms with Crippen molar-refractivity contribution in [3.63, 3.8) is 0 Å². The summed E-state index contributed by atoms with van der Waals surface area (Å²) in [4.78, 5) is 12.7. The number of rotatable bonds is 4. The molecule has 0 aliphatic carbocycles. The van der Waals surface area contributed by atoms with Gasteiger partial charge in [0.05, 0.1) is 5.75 Å². The van der Waals surface area contributed by atoms with Crippen LogP contribution in [0.1, 0.15) is 13.3 Å². The minimum Gasteiger partial charge on any atom is -0.340 e. The predicted molar refractivity (Wildman–Crippen MR) is 63.0 cm³/mol. The van der Waals surface area contributed by atoms with E-state index in [-0.39, 0.29) is 11.7 Å². The first-order chi connectivity index (χ1) is 7.47. The molecular weight excluding hydrogens is 252 g/mol. The molecule has 94 valence electrons. The summed E-state index contributed by atoms with van der Waals surface area (Å²) < 4.78 is 25.0. The van der Waals surface area contributed by atoms with E-state index in [0.29, 0.717) is 38.5 Å². The van der Waals surface area contributed by atoms with E-state index in [0.717, 1.165) is 0 Å². The Bertz CT molecular complexity index is 337. The number of nitrogens with zero attached hydrogens (tertiary/aromatic N) is 2. The van der Waals surface area contributed by atoms with E-state index >= 15 is 0 Å². The molecule has 0 bridgehead atoms. The van der Waals surface area contributed by atoms with Crippen LogP contribution >= 0.6 is 11.6 Å². The monoisotopic (exact) mass is 268 g/mol. The molecule has 0 N–H and O–H groups in total. The molecular formula is C9H17ClN2O3S. The highest BCUT2D eigenvalue weighted by Crippen LogP contribution is 2.09. The maximum Gasteiger partial charge on any atom is 0.219 e. The number of hydrogen-bond donors (Lipinski definition) is 0. The fraction of sp³-hybridized carbons (Fsp3) is 0.889. The van der Waals surface area contributed by atoms with Crippen molar-refractivity contribution >= 4 is 27.5 Å². The number of sulfonamides is 1. The largest absolute Gasteiger partial charge is 0.340 e. The molecule has 0 aromatic heterocycles. The summed E-state index contributed by atoms with van der Waals surface area (Å²) in [6.45, 7) is 3.25. The van der Waals surface area contributed by atoms with E-state index in [1.165, 1.54) is 11.2 Å². The van der Waals surface area contributed by atoms with E-state index in [2.05, 4.69) is 0 Å². The van der Waals surface area contributed by atoms with Crippen LogP contribution in [0.3, 0.4) is 0 Å². The second kappa shape index (κ2) is 5.84. The molecule has 0 saturated carbocycles. The van der Waals surface area contributed by atoms with E-state index in [9.17, 15) is 13.2 Å². The van der Waals surface area contributed by atoms with Gasteiger partial charge in [-0.2, -0.15) is 4.31 Å². The van der Waals surface area contributed by atoms with E-state index in [1.54, 1.807) is 4.90 Å². The Kier molecular flexibility index (Phi) is 5.01. The lowest BCUT2D eigenvalue weighted by molar-refractivity contribution is -0.129. The zero-order chi connectivity index (χ0) is 12.2. The molecule has 1 rings (SSSR count). The van der Waals surface area contributed by atoms with Gasteiger partial charge in [0.1, 0.15) is 0 Å². The minimum atomic E-state index is -3.18. The lowest BCUT2D eigenvalue weighted by Gasteiger charge is -2.33. The Hall–Kier alpha value is -0.330. The molecule has 1 heterocycles. The fourth-order valence-electron chi connectivity index (χ4n) is 1.65. The topological polar surface area (TPSA) is 57.7 Å². The molecule has 5 nitrogen and oxygen atoms in total. The van der Waals surface area contributed by atoms with Gasteiger partial charge in [0.25, 0.3) is 0 Å². The Labute approximate surface area is 101 Å². The van der Waals surface area contributed by atoms with Crippen LogP contribution in [0, 0.1) is 0 Å². The lowest BCUT2D eigenvalue weighted by atomic mass is 10.3. The summed E-state index contributed by atoms with van der Waals surface area (Å²) in [5.74, 6) is 0.446. The average molecular weight is 269 g/mol. The highest BCUT2D eigenvalue weighted by molar-refractivity contribution is 7.89. The number of hydrogen-bond acceptors (Lipinski definition) is 3. The third-order valence-electron chi connectivity index (χ3n) is 2.61. The first kappa shape index (κ1) is 13.7. The van der Waals surface area contributed by atoms with Gasteiger partial charge in [-0.05, 0) is 6.42 Å². The Morgan fingerprint density at radius 2 is 1.81 bits per heavy atom. The van der Waals surface area contributed by atoms with Gasteiger partial charge in [0.15, 0.2) is 0 Å². The van der Waals surface area contributed by atoms with Crippen molar-refractivity contribution in [3.8, 4) is 0 Å². The summed E-state index contributed by atoms with van der Waals surface area (Å²) >= 11 is 5.48. The number of amides is 1. The molecule has 0 aromatic carbocycles. The second-order valence-corrected chi connectivity index (χ2v) is 6.23. The standard InChI is InChI=1S/C9H17ClN2O3S/c1-9(13)11-4-6-12(7-5-11)16(14,15)8-2-3-10/h2-8H2,1H3. The van der Waals surface area contributed by atoms with Crippen LogP contribution in [0.4, 0.5) is 0 Å². The molecule has 0 aromatic rings. The average Bonchev–Trinajstić information content (AvgIpc) is 2.26. The summed E-state index contributed by atoms with van der Waals surface area (Å²) in [5, 5.41) is 0. The number of piperazine rings is 1. The third-order valence-corrected chi connectivity index (χ3v) is 4.84. The molecule has 1 amide bonds. The van der Waals surface area contributed by atoms with E-state index in [1.807, 2.05) is 0 Å². The van der Waals surface area contributed by atoms with Crippen molar-refractivity contribution in [1.29, 1.82) is 0 Å². The van der Waals surface area contributed by atoms with Gasteiger partial charge < -0.3 is 4.90 Å². The van der Waals surface area contributed by atoms with Crippen LogP contribution in [-0.4, -0.2) is 61.3 Å². The van der Waals surface area contributed by atoms with Gasteiger partial charge in [-0.15, -0.1) is 11.6 Å². The van der Waals surface area contributed by atoms with Crippen molar-refractivity contribution in [2.75, 3.05) is 37.8 Å². The fourth-order valence-corrected chi connectivity index (χ4v) is 3.43. The van der Waals surface area contributed by atoms with Gasteiger partial charge in [0, 0.05) is 39.0 Å². The highest BCUT2D eigenvalue weighted by Gasteiger charge is 2.26. The summed E-state index contributed by atoms with van der Waals surface area (Å²) in [6.07, 6.45) is 0.469. The zero-order valence-corrected chi connectivity index (χ0v) is 10.9. The SMILES string of the molecule is CC(=O)N1CCN(S(=O)(=O)CCCCl)CC1. The number of carbonyl (C=O) groups is 1. The molecule has 1 aliphatic heterocycles. The quantitative estimate of drug-likeness (QED) is 0.680. The van der Waals surface area contributed by atoms with Crippen LogP contribution in [0.15, 0.2) is 0 Å². The molecule has 0 radical (unpaired) electrons. The molecule has 1 fully saturated rings. The second-order valence-electron chi connectivity index (χ2n) is 3.76. The van der Waals surface area contributed by atoms with Crippen molar-refractivity contribution in [1.82, 2.24) is 9.21 Å². The Balaban J connectivity index is 2.50. The number of halogens is 1. The maximum absolute atomic E-state index is 11.8. The molecule has 16 heavy (non-hydrogen) atoms. The molecule has 7 heteroatoms. The first-order valence-corrected chi connectivity index (χ1v) is 7.41. The maximum atomic E-state index is 11.8. The molecule has 1 saturated heterocycles. The van der Waals surface area contributed by atoms with Crippen molar-refractivity contribution in [2.24, 2.45) is 0 Å². The van der Waals surface area contributed by atoms with Gasteiger partial charge >= 0.3 is 0 Å². The first-order valence-electron chi connectivity index (χ1n) is 5.26. The number of carbonyl (C=O) groups excluding carboxylic acids is 1. The Morgan fingerprint density at radius 3 is 2.25 bits per heavy atom. The van der Waals surface area contributed by atoms with Crippen LogP contribution in [0.25, 0.3) is 0 Å². The van der Waals surface area contributed by atoms with Crippen molar-refractivity contribution in [3.05, 3.63) is 0 Å². The predicted octanol–water partition coefficient (Wildman–Crippen LogP) is 0.109. The van der Waals surface area contributed by atoms with Gasteiger partial charge in [-0.1, -0.05) is 0 Å². The van der Waals surface area contributed by atoms with Crippen LogP contribution in [0.5, 0.6) is 0 Å². The summed E-state index contributed by atoms with van der Waals surface area (Å²) in [6, 6.07) is 0. The van der Waals surface area contributed by atoms with Crippen LogP contribution < -0.4 is 0 Å². The Morgan fingerprint density at radius 1 is 1.25 bits per heavy atom. The van der Waals surface area contributed by atoms with Crippen molar-refractivity contribution < 1.29 is 13.2 Å². The van der Waals surface area contributed by atoms with Gasteiger partial charge in [-0.3, -0.25) is 4.79 Å². The molecule has 0 atom stereocenters. The normalized spacial score (nSPS) is 18.8. The van der Waals surface area contributed by atoms with E-state index in [4.69, 9.17) is 11.6 Å². The van der Waals surface area contributed by atoms with Crippen LogP contribution in [-0.2, 0) is 14.8 Å². The minimum absolute atomic E-state index is 0.00203.